The fraction of sp³-hybridized carbons (Fsp3) is 0.333. The molecule has 0 fully saturated rings. The Morgan fingerprint density at radius 1 is 1.20 bits per heavy atom. The Hall–Kier alpha value is -2.31. The third-order valence-corrected chi connectivity index (χ3v) is 4.14. The number of hydrogen-bond acceptors (Lipinski definition) is 5. The number of hydrogen-bond donors (Lipinski definition) is 1. The van der Waals surface area contributed by atoms with E-state index in [9.17, 15) is 14.7 Å². The molecule has 1 aromatic heterocycles. The Morgan fingerprint density at radius 2 is 1.92 bits per heavy atom. The summed E-state index contributed by atoms with van der Waals surface area (Å²) < 4.78 is 12.1. The van der Waals surface area contributed by atoms with E-state index in [2.05, 4.69) is 0 Å². The molecule has 0 aliphatic carbocycles. The maximum atomic E-state index is 12.4. The van der Waals surface area contributed by atoms with Gasteiger partial charge in [0.1, 0.15) is 11.3 Å². The zero-order valence-electron chi connectivity index (χ0n) is 14.3. The van der Waals surface area contributed by atoms with Gasteiger partial charge in [-0.3, -0.25) is 4.79 Å². The quantitative estimate of drug-likeness (QED) is 0.602. The third-order valence-electron chi connectivity index (χ3n) is 3.91. The average Bonchev–Trinajstić information content (AvgIpc) is 2.87. The zero-order valence-corrected chi connectivity index (χ0v) is 15.1. The molecule has 0 atom stereocenters. The second-order valence-corrected chi connectivity index (χ2v) is 6.03. The fourth-order valence-electron chi connectivity index (χ4n) is 2.57. The number of Topliss-reactive ketones (excluding diaryl/α,β-unsaturated/α-hetero) is 1. The van der Waals surface area contributed by atoms with Crippen LogP contribution in [-0.2, 0) is 16.0 Å². The zero-order chi connectivity index (χ0) is 18.6. The largest absolute Gasteiger partial charge is 0.507 e. The summed E-state index contributed by atoms with van der Waals surface area (Å²) in [5.41, 5.74) is 2.14. The molecular weight excluding hydrogens is 346 g/mol. The van der Waals surface area contributed by atoms with Crippen LogP contribution in [0.2, 0.25) is 5.02 Å². The van der Waals surface area contributed by atoms with Gasteiger partial charge in [0.05, 0.1) is 6.61 Å². The highest BCUT2D eigenvalue weighted by molar-refractivity contribution is 6.31. The van der Waals surface area contributed by atoms with Gasteiger partial charge in [-0.05, 0) is 38.1 Å². The number of rotatable bonds is 7. The molecule has 134 valence electrons. The van der Waals surface area contributed by atoms with Crippen LogP contribution in [-0.4, -0.2) is 41.7 Å². The Balaban J connectivity index is 2.07. The van der Waals surface area contributed by atoms with Crippen molar-refractivity contribution in [2.75, 3.05) is 20.3 Å². The van der Waals surface area contributed by atoms with Crippen LogP contribution < -0.4 is 0 Å². The molecule has 1 N–H and O–H groups in total. The van der Waals surface area contributed by atoms with Gasteiger partial charge < -0.3 is 19.1 Å². The monoisotopic (exact) mass is 365 g/mol. The van der Waals surface area contributed by atoms with Gasteiger partial charge in [-0.2, -0.15) is 0 Å². The number of aryl methyl sites for hydroxylation is 1. The number of methoxy groups -OCH3 is 1. The number of aromatic nitrogens is 1. The molecule has 7 heteroatoms. The summed E-state index contributed by atoms with van der Waals surface area (Å²) in [7, 11) is 1.62. The molecule has 0 aliphatic rings. The van der Waals surface area contributed by atoms with Crippen molar-refractivity contribution >= 4 is 23.4 Å². The highest BCUT2D eigenvalue weighted by atomic mass is 35.5. The summed E-state index contributed by atoms with van der Waals surface area (Å²) in [5.74, 6) is -1.37. The smallest absolute Gasteiger partial charge is 0.342 e. The number of esters is 1. The lowest BCUT2D eigenvalue weighted by molar-refractivity contribution is 0.0471. The predicted molar refractivity (Wildman–Crippen MR) is 93.5 cm³/mol. The van der Waals surface area contributed by atoms with Crippen LogP contribution in [0.5, 0.6) is 5.75 Å². The number of ketones is 1. The molecule has 0 spiro atoms. The van der Waals surface area contributed by atoms with Crippen molar-refractivity contribution in [3.05, 3.63) is 51.8 Å². The third kappa shape index (κ3) is 4.41. The van der Waals surface area contributed by atoms with Crippen molar-refractivity contribution in [3.63, 3.8) is 0 Å². The molecule has 1 heterocycles. The first kappa shape index (κ1) is 19.0. The Morgan fingerprint density at radius 3 is 2.60 bits per heavy atom. The van der Waals surface area contributed by atoms with Gasteiger partial charge in [-0.15, -0.1) is 0 Å². The maximum Gasteiger partial charge on any atom is 0.342 e. The molecule has 0 aliphatic heterocycles. The maximum absolute atomic E-state index is 12.4. The van der Waals surface area contributed by atoms with Crippen LogP contribution in [0, 0.1) is 13.8 Å². The summed E-state index contributed by atoms with van der Waals surface area (Å²) in [6.07, 6.45) is 0. The van der Waals surface area contributed by atoms with Crippen molar-refractivity contribution in [2.24, 2.45) is 0 Å². The van der Waals surface area contributed by atoms with E-state index >= 15 is 0 Å². The van der Waals surface area contributed by atoms with Gasteiger partial charge in [0.25, 0.3) is 0 Å². The second-order valence-electron chi connectivity index (χ2n) is 5.59. The first-order valence-electron chi connectivity index (χ1n) is 7.69. The van der Waals surface area contributed by atoms with Crippen LogP contribution in [0.15, 0.2) is 24.3 Å². The number of nitrogens with zero attached hydrogens (tertiary/aromatic N) is 1. The average molecular weight is 366 g/mol. The second kappa shape index (κ2) is 8.18. The number of carbonyl (C=O) groups is 2. The molecule has 0 saturated carbocycles. The minimum atomic E-state index is -0.804. The summed E-state index contributed by atoms with van der Waals surface area (Å²) >= 11 is 5.80. The molecule has 0 unspecified atom stereocenters. The fourth-order valence-corrected chi connectivity index (χ4v) is 2.74. The molecular formula is C18H20ClNO5. The van der Waals surface area contributed by atoms with Gasteiger partial charge in [-0.1, -0.05) is 11.6 Å². The van der Waals surface area contributed by atoms with E-state index in [4.69, 9.17) is 21.1 Å². The van der Waals surface area contributed by atoms with Crippen molar-refractivity contribution in [3.8, 4) is 5.75 Å². The SMILES string of the molecule is COCCn1c(C)cc(C(=O)COC(=O)c2cc(Cl)ccc2O)c1C. The topological polar surface area (TPSA) is 77.8 Å². The Kier molecular flexibility index (Phi) is 6.22. The molecule has 0 amide bonds. The lowest BCUT2D eigenvalue weighted by atomic mass is 10.1. The molecule has 2 rings (SSSR count). The number of aromatic hydroxyl groups is 1. The highest BCUT2D eigenvalue weighted by Crippen LogP contribution is 2.22. The summed E-state index contributed by atoms with van der Waals surface area (Å²) in [5, 5.41) is 9.98. The minimum Gasteiger partial charge on any atom is -0.507 e. The Labute approximate surface area is 150 Å². The van der Waals surface area contributed by atoms with Crippen molar-refractivity contribution in [1.82, 2.24) is 4.57 Å². The number of carbonyl (C=O) groups excluding carboxylic acids is 2. The number of halogens is 1. The molecule has 0 bridgehead atoms. The number of benzene rings is 1. The molecule has 2 aromatic rings. The van der Waals surface area contributed by atoms with Crippen LogP contribution >= 0.6 is 11.6 Å². The summed E-state index contributed by atoms with van der Waals surface area (Å²) in [6.45, 7) is 4.49. The molecule has 6 nitrogen and oxygen atoms in total. The van der Waals surface area contributed by atoms with E-state index in [1.54, 1.807) is 13.2 Å². The summed E-state index contributed by atoms with van der Waals surface area (Å²) in [4.78, 5) is 24.4. The van der Waals surface area contributed by atoms with E-state index in [0.29, 0.717) is 18.7 Å². The number of phenolic OH excluding ortho intramolecular Hbond substituents is 1. The number of ether oxygens (including phenoxy) is 2. The van der Waals surface area contributed by atoms with Gasteiger partial charge >= 0.3 is 5.97 Å². The van der Waals surface area contributed by atoms with Crippen molar-refractivity contribution < 1.29 is 24.2 Å². The molecule has 0 saturated heterocycles. The first-order valence-corrected chi connectivity index (χ1v) is 8.07. The first-order chi connectivity index (χ1) is 11.8. The van der Waals surface area contributed by atoms with Crippen molar-refractivity contribution in [1.29, 1.82) is 0 Å². The van der Waals surface area contributed by atoms with Gasteiger partial charge in [0.2, 0.25) is 5.78 Å². The minimum absolute atomic E-state index is 0.0779. The van der Waals surface area contributed by atoms with Crippen LogP contribution in [0.3, 0.4) is 0 Å². The van der Waals surface area contributed by atoms with Crippen LogP contribution in [0.1, 0.15) is 32.1 Å². The van der Waals surface area contributed by atoms with Gasteiger partial charge in [0, 0.05) is 35.6 Å². The van der Waals surface area contributed by atoms with E-state index < -0.39 is 12.6 Å². The van der Waals surface area contributed by atoms with Crippen LogP contribution in [0.4, 0.5) is 0 Å². The molecule has 0 radical (unpaired) electrons. The van der Waals surface area contributed by atoms with Gasteiger partial charge in [-0.25, -0.2) is 4.79 Å². The molecule has 25 heavy (non-hydrogen) atoms. The lowest BCUT2D eigenvalue weighted by Crippen LogP contribution is -2.15. The Bertz CT molecular complexity index is 797. The highest BCUT2D eigenvalue weighted by Gasteiger charge is 2.19. The standard InChI is InChI=1S/C18H20ClNO5/c1-11-8-14(12(2)20(11)6-7-24-3)17(22)10-25-18(23)15-9-13(19)4-5-16(15)21/h4-5,8-9,21H,6-7,10H2,1-3H3. The number of phenols is 1. The van der Waals surface area contributed by atoms with E-state index in [0.717, 1.165) is 11.4 Å². The van der Waals surface area contributed by atoms with Crippen molar-refractivity contribution in [2.45, 2.75) is 20.4 Å². The summed E-state index contributed by atoms with van der Waals surface area (Å²) in [6, 6.07) is 5.80. The predicted octanol–water partition coefficient (Wildman–Crippen LogP) is 3.15. The normalized spacial score (nSPS) is 10.7. The van der Waals surface area contributed by atoms with Gasteiger partial charge in [0.15, 0.2) is 6.61 Å². The van der Waals surface area contributed by atoms with E-state index in [-0.39, 0.29) is 22.1 Å². The lowest BCUT2D eigenvalue weighted by Gasteiger charge is -2.09. The van der Waals surface area contributed by atoms with Crippen LogP contribution in [0.25, 0.3) is 0 Å². The molecule has 1 aromatic carbocycles. The van der Waals surface area contributed by atoms with E-state index in [1.165, 1.54) is 18.2 Å². The van der Waals surface area contributed by atoms with E-state index in [1.807, 2.05) is 18.4 Å².